The van der Waals surface area contributed by atoms with Gasteiger partial charge in [0.15, 0.2) is 0 Å². The third-order valence-corrected chi connectivity index (χ3v) is 6.98. The Morgan fingerprint density at radius 1 is 1.14 bits per heavy atom. The van der Waals surface area contributed by atoms with Gasteiger partial charge in [0.1, 0.15) is 8.07 Å². The Labute approximate surface area is 134 Å². The zero-order valence-corrected chi connectivity index (χ0v) is 14.3. The highest BCUT2D eigenvalue weighted by molar-refractivity contribution is 6.98. The molecule has 4 heteroatoms. The van der Waals surface area contributed by atoms with Crippen LogP contribution in [0.5, 0.6) is 0 Å². The lowest BCUT2D eigenvalue weighted by Crippen LogP contribution is -2.40. The second-order valence-electron chi connectivity index (χ2n) is 5.38. The molecule has 1 radical (unpaired) electrons. The Hall–Kier alpha value is -1.65. The van der Waals surface area contributed by atoms with Crippen LogP contribution in [0.1, 0.15) is 36.0 Å². The van der Waals surface area contributed by atoms with Crippen molar-refractivity contribution in [3.05, 3.63) is 61.3 Å². The van der Waals surface area contributed by atoms with Crippen molar-refractivity contribution in [3.8, 4) is 0 Å². The number of rotatable bonds is 10. The van der Waals surface area contributed by atoms with Crippen molar-refractivity contribution in [1.82, 2.24) is 0 Å². The van der Waals surface area contributed by atoms with Gasteiger partial charge < -0.3 is 0 Å². The lowest BCUT2D eigenvalue weighted by molar-refractivity contribution is -0.241. The summed E-state index contributed by atoms with van der Waals surface area (Å²) >= 11 is 0. The SMILES string of the molecule is [CH2]CCCCCOOC(=O)c1ccc([Si](C)(C=C)C=C)cc1. The molecule has 0 N–H and O–H groups in total. The average molecular weight is 317 g/mol. The van der Waals surface area contributed by atoms with Gasteiger partial charge in [-0.2, -0.15) is 4.89 Å². The molecular formula is C18H25O3Si. The van der Waals surface area contributed by atoms with Crippen molar-refractivity contribution in [2.75, 3.05) is 6.61 Å². The van der Waals surface area contributed by atoms with Gasteiger partial charge in [-0.15, -0.1) is 13.2 Å². The van der Waals surface area contributed by atoms with Crippen molar-refractivity contribution in [2.24, 2.45) is 0 Å². The van der Waals surface area contributed by atoms with Gasteiger partial charge in [0.05, 0.1) is 12.2 Å². The predicted octanol–water partition coefficient (Wildman–Crippen LogP) is 3.91. The van der Waals surface area contributed by atoms with E-state index >= 15 is 0 Å². The molecule has 0 unspecified atom stereocenters. The van der Waals surface area contributed by atoms with Gasteiger partial charge in [0, 0.05) is 0 Å². The molecule has 0 atom stereocenters. The molecule has 0 aliphatic carbocycles. The first-order valence-electron chi connectivity index (χ1n) is 7.58. The zero-order chi connectivity index (χ0) is 16.4. The van der Waals surface area contributed by atoms with E-state index in [1.165, 1.54) is 0 Å². The highest BCUT2D eigenvalue weighted by atomic mass is 28.3. The molecule has 0 saturated heterocycles. The molecule has 0 spiro atoms. The third kappa shape index (κ3) is 5.28. The third-order valence-electron chi connectivity index (χ3n) is 3.70. The van der Waals surface area contributed by atoms with E-state index in [9.17, 15) is 4.79 Å². The van der Waals surface area contributed by atoms with Crippen molar-refractivity contribution >= 4 is 19.2 Å². The number of hydrogen-bond donors (Lipinski definition) is 0. The van der Waals surface area contributed by atoms with E-state index in [0.717, 1.165) is 30.9 Å². The molecule has 0 aromatic heterocycles. The molecule has 1 aromatic rings. The maximum atomic E-state index is 11.8. The van der Waals surface area contributed by atoms with Crippen molar-refractivity contribution in [3.63, 3.8) is 0 Å². The summed E-state index contributed by atoms with van der Waals surface area (Å²) in [6.45, 7) is 14.1. The van der Waals surface area contributed by atoms with E-state index in [2.05, 4.69) is 26.6 Å². The molecular weight excluding hydrogens is 292 g/mol. The fraction of sp³-hybridized carbons (Fsp3) is 0.333. The van der Waals surface area contributed by atoms with Gasteiger partial charge in [-0.25, -0.2) is 4.79 Å². The van der Waals surface area contributed by atoms with Crippen LogP contribution in [0.2, 0.25) is 6.55 Å². The van der Waals surface area contributed by atoms with Crippen molar-refractivity contribution in [1.29, 1.82) is 0 Å². The number of carbonyl (C=O) groups is 1. The molecule has 0 bridgehead atoms. The van der Waals surface area contributed by atoms with Crippen LogP contribution in [0, 0.1) is 6.92 Å². The smallest absolute Gasteiger partial charge is 0.293 e. The minimum absolute atomic E-state index is 0.418. The van der Waals surface area contributed by atoms with E-state index in [4.69, 9.17) is 9.78 Å². The monoisotopic (exact) mass is 317 g/mol. The van der Waals surface area contributed by atoms with Crippen LogP contribution in [-0.2, 0) is 9.78 Å². The summed E-state index contributed by atoms with van der Waals surface area (Å²) in [6, 6.07) is 7.37. The zero-order valence-electron chi connectivity index (χ0n) is 13.3. The van der Waals surface area contributed by atoms with Crippen molar-refractivity contribution < 1.29 is 14.6 Å². The molecule has 0 aliphatic heterocycles. The van der Waals surface area contributed by atoms with E-state index < -0.39 is 14.0 Å². The summed E-state index contributed by atoms with van der Waals surface area (Å²) < 4.78 is 0. The minimum atomic E-state index is -1.84. The molecule has 0 fully saturated rings. The first kappa shape index (κ1) is 18.4. The first-order chi connectivity index (χ1) is 10.6. The topological polar surface area (TPSA) is 35.5 Å². The number of hydrogen-bond acceptors (Lipinski definition) is 3. The summed E-state index contributed by atoms with van der Waals surface area (Å²) in [7, 11) is -1.84. The molecule has 0 amide bonds. The quantitative estimate of drug-likeness (QED) is 0.284. The molecule has 1 rings (SSSR count). The summed E-state index contributed by atoms with van der Waals surface area (Å²) in [5, 5.41) is 1.16. The number of benzene rings is 1. The molecule has 3 nitrogen and oxygen atoms in total. The van der Waals surface area contributed by atoms with E-state index in [-0.39, 0.29) is 0 Å². The van der Waals surface area contributed by atoms with Gasteiger partial charge in [-0.1, -0.05) is 61.5 Å². The highest BCUT2D eigenvalue weighted by Crippen LogP contribution is 2.09. The fourth-order valence-electron chi connectivity index (χ4n) is 1.94. The summed E-state index contributed by atoms with van der Waals surface area (Å²) in [6.07, 6.45) is 3.88. The maximum Gasteiger partial charge on any atom is 0.373 e. The van der Waals surface area contributed by atoms with E-state index in [0.29, 0.717) is 12.2 Å². The molecule has 1 aromatic carbocycles. The van der Waals surface area contributed by atoms with Crippen LogP contribution in [0.25, 0.3) is 0 Å². The van der Waals surface area contributed by atoms with E-state index in [1.54, 1.807) is 12.1 Å². The van der Waals surface area contributed by atoms with Crippen LogP contribution < -0.4 is 5.19 Å². The van der Waals surface area contributed by atoms with Gasteiger partial charge in [0.2, 0.25) is 0 Å². The number of carbonyl (C=O) groups excluding carboxylic acids is 1. The molecule has 0 aliphatic rings. The fourth-order valence-corrected chi connectivity index (χ4v) is 3.47. The lowest BCUT2D eigenvalue weighted by Gasteiger charge is -2.19. The van der Waals surface area contributed by atoms with Crippen LogP contribution >= 0.6 is 0 Å². The Kier molecular flexibility index (Phi) is 7.84. The van der Waals surface area contributed by atoms with Gasteiger partial charge in [0.25, 0.3) is 0 Å². The second kappa shape index (κ2) is 9.38. The Morgan fingerprint density at radius 3 is 2.32 bits per heavy atom. The molecule has 0 saturated carbocycles. The molecule has 119 valence electrons. The first-order valence-corrected chi connectivity index (χ1v) is 10.2. The van der Waals surface area contributed by atoms with Crippen LogP contribution in [0.3, 0.4) is 0 Å². The highest BCUT2D eigenvalue weighted by Gasteiger charge is 2.22. The molecule has 0 heterocycles. The Morgan fingerprint density at radius 2 is 1.77 bits per heavy atom. The summed E-state index contributed by atoms with van der Waals surface area (Å²) in [5.74, 6) is -0.468. The largest absolute Gasteiger partial charge is 0.373 e. The Bertz CT molecular complexity index is 486. The van der Waals surface area contributed by atoms with E-state index in [1.807, 2.05) is 23.5 Å². The van der Waals surface area contributed by atoms with Crippen LogP contribution in [0.15, 0.2) is 48.8 Å². The van der Waals surface area contributed by atoms with Crippen molar-refractivity contribution in [2.45, 2.75) is 32.2 Å². The second-order valence-corrected chi connectivity index (χ2v) is 9.33. The molecule has 22 heavy (non-hydrogen) atoms. The summed E-state index contributed by atoms with van der Waals surface area (Å²) in [5.41, 5.74) is 4.40. The summed E-state index contributed by atoms with van der Waals surface area (Å²) in [4.78, 5) is 21.6. The van der Waals surface area contributed by atoms with Crippen LogP contribution in [-0.4, -0.2) is 20.7 Å². The Balaban J connectivity index is 2.51. The van der Waals surface area contributed by atoms with Gasteiger partial charge in [-0.05, 0) is 18.6 Å². The minimum Gasteiger partial charge on any atom is -0.293 e. The average Bonchev–Trinajstić information content (AvgIpc) is 2.57. The maximum absolute atomic E-state index is 11.8. The normalized spacial score (nSPS) is 11.0. The standard InChI is InChI=1S/C18H25O3Si/c1-5-8-9-10-15-20-21-18(19)16-11-13-17(14-12-16)22(4,6-2)7-3/h6-7,11-14H,1-3,5,8-10,15H2,4H3. The predicted molar refractivity (Wildman–Crippen MR) is 93.3 cm³/mol. The lowest BCUT2D eigenvalue weighted by atomic mass is 10.2. The van der Waals surface area contributed by atoms with Gasteiger partial charge in [-0.3, -0.25) is 4.89 Å². The van der Waals surface area contributed by atoms with Crippen LogP contribution in [0.4, 0.5) is 0 Å². The number of unbranched alkanes of at least 4 members (excludes halogenated alkanes) is 3. The van der Waals surface area contributed by atoms with Gasteiger partial charge >= 0.3 is 5.97 Å².